The number of nitrogens with one attached hydrogen (secondary N) is 1. The number of carbonyl (C=O) groups is 2. The standard InChI is InChI=1S/C21H15Cl3N2O4/c1-29-14-9-5-8-13(10-14)26-20(27)19(12-6-3-2-4-7-12)30-21(28)18-17(24)16(23)15(22)11-25-18/h2-11,19H,1H3,(H,26,27). The van der Waals surface area contributed by atoms with Crippen LogP contribution in [0.1, 0.15) is 22.2 Å². The van der Waals surface area contributed by atoms with Crippen LogP contribution in [0.3, 0.4) is 0 Å². The van der Waals surface area contributed by atoms with Crippen LogP contribution in [0.15, 0.2) is 60.8 Å². The fourth-order valence-electron chi connectivity index (χ4n) is 2.56. The monoisotopic (exact) mass is 464 g/mol. The number of rotatable bonds is 6. The first-order valence-corrected chi connectivity index (χ1v) is 9.74. The molecule has 6 nitrogen and oxygen atoms in total. The second kappa shape index (κ2) is 9.80. The van der Waals surface area contributed by atoms with Gasteiger partial charge in [-0.05, 0) is 12.1 Å². The van der Waals surface area contributed by atoms with Gasteiger partial charge in [-0.25, -0.2) is 9.78 Å². The number of benzene rings is 2. The van der Waals surface area contributed by atoms with Crippen LogP contribution in [-0.4, -0.2) is 24.0 Å². The number of hydrogen-bond donors (Lipinski definition) is 1. The van der Waals surface area contributed by atoms with Crippen LogP contribution in [0.25, 0.3) is 0 Å². The zero-order valence-electron chi connectivity index (χ0n) is 15.6. The summed E-state index contributed by atoms with van der Waals surface area (Å²) in [6.45, 7) is 0. The molecule has 0 radical (unpaired) electrons. The maximum Gasteiger partial charge on any atom is 0.359 e. The maximum atomic E-state index is 13.0. The van der Waals surface area contributed by atoms with Crippen LogP contribution in [-0.2, 0) is 9.53 Å². The van der Waals surface area contributed by atoms with Gasteiger partial charge in [0, 0.05) is 23.5 Å². The molecule has 0 aliphatic heterocycles. The van der Waals surface area contributed by atoms with Crippen molar-refractivity contribution in [2.45, 2.75) is 6.10 Å². The third-order valence-corrected chi connectivity index (χ3v) is 5.25. The number of amides is 1. The van der Waals surface area contributed by atoms with Crippen molar-refractivity contribution in [3.8, 4) is 5.75 Å². The van der Waals surface area contributed by atoms with Gasteiger partial charge in [0.25, 0.3) is 5.91 Å². The molecule has 1 aromatic heterocycles. The quantitative estimate of drug-likeness (QED) is 0.480. The summed E-state index contributed by atoms with van der Waals surface area (Å²) in [5.41, 5.74) is 0.686. The molecule has 9 heteroatoms. The Kier molecular flexibility index (Phi) is 7.15. The summed E-state index contributed by atoms with van der Waals surface area (Å²) in [4.78, 5) is 29.5. The number of nitrogens with zero attached hydrogens (tertiary/aromatic N) is 1. The second-order valence-corrected chi connectivity index (χ2v) is 7.16. The van der Waals surface area contributed by atoms with E-state index in [0.717, 1.165) is 0 Å². The van der Waals surface area contributed by atoms with E-state index in [9.17, 15) is 9.59 Å². The second-order valence-electron chi connectivity index (χ2n) is 6.00. The lowest BCUT2D eigenvalue weighted by atomic mass is 10.1. The average molecular weight is 466 g/mol. The van der Waals surface area contributed by atoms with Crippen LogP contribution < -0.4 is 10.1 Å². The first-order valence-electron chi connectivity index (χ1n) is 8.61. The topological polar surface area (TPSA) is 77.5 Å². The molecule has 1 amide bonds. The van der Waals surface area contributed by atoms with E-state index < -0.39 is 18.0 Å². The van der Waals surface area contributed by atoms with Crippen LogP contribution in [0.2, 0.25) is 15.1 Å². The Morgan fingerprint density at radius 2 is 1.73 bits per heavy atom. The predicted molar refractivity (Wildman–Crippen MR) is 115 cm³/mol. The molecule has 0 aliphatic carbocycles. The summed E-state index contributed by atoms with van der Waals surface area (Å²) < 4.78 is 10.6. The lowest BCUT2D eigenvalue weighted by Gasteiger charge is -2.18. The molecule has 3 rings (SSSR count). The summed E-state index contributed by atoms with van der Waals surface area (Å²) in [7, 11) is 1.52. The smallest absolute Gasteiger partial charge is 0.359 e. The molecule has 0 saturated heterocycles. The van der Waals surface area contributed by atoms with Crippen LogP contribution >= 0.6 is 34.8 Å². The van der Waals surface area contributed by atoms with Gasteiger partial charge in [-0.1, -0.05) is 71.2 Å². The largest absolute Gasteiger partial charge is 0.497 e. The van der Waals surface area contributed by atoms with Gasteiger partial charge in [0.1, 0.15) is 5.75 Å². The van der Waals surface area contributed by atoms with E-state index in [2.05, 4.69) is 10.3 Å². The van der Waals surface area contributed by atoms with E-state index in [4.69, 9.17) is 44.3 Å². The summed E-state index contributed by atoms with van der Waals surface area (Å²) in [5, 5.41) is 2.61. The number of pyridine rings is 1. The van der Waals surface area contributed by atoms with Crippen molar-refractivity contribution in [3.05, 3.63) is 87.1 Å². The number of aromatic nitrogens is 1. The van der Waals surface area contributed by atoms with Crippen molar-refractivity contribution in [1.82, 2.24) is 4.98 Å². The van der Waals surface area contributed by atoms with Gasteiger partial charge in [0.2, 0.25) is 6.10 Å². The Morgan fingerprint density at radius 3 is 2.43 bits per heavy atom. The molecule has 2 aromatic carbocycles. The molecule has 1 N–H and O–H groups in total. The highest BCUT2D eigenvalue weighted by atomic mass is 35.5. The van der Waals surface area contributed by atoms with Crippen molar-refractivity contribution < 1.29 is 19.1 Å². The molecule has 0 bridgehead atoms. The van der Waals surface area contributed by atoms with E-state index in [0.29, 0.717) is 17.0 Å². The Hall–Kier alpha value is -2.80. The number of esters is 1. The molecular formula is C21H15Cl3N2O4. The number of ether oxygens (including phenoxy) is 2. The van der Waals surface area contributed by atoms with Gasteiger partial charge < -0.3 is 14.8 Å². The Balaban J connectivity index is 1.89. The highest BCUT2D eigenvalue weighted by Gasteiger charge is 2.28. The van der Waals surface area contributed by atoms with E-state index in [1.165, 1.54) is 13.3 Å². The van der Waals surface area contributed by atoms with E-state index in [-0.39, 0.29) is 20.8 Å². The van der Waals surface area contributed by atoms with Crippen molar-refractivity contribution in [1.29, 1.82) is 0 Å². The number of anilines is 1. The maximum absolute atomic E-state index is 13.0. The molecule has 30 heavy (non-hydrogen) atoms. The minimum absolute atomic E-state index is 0.0302. The molecule has 154 valence electrons. The molecule has 0 fully saturated rings. The molecule has 1 unspecified atom stereocenters. The summed E-state index contributed by atoms with van der Waals surface area (Å²) >= 11 is 17.9. The SMILES string of the molecule is COc1cccc(NC(=O)C(OC(=O)c2ncc(Cl)c(Cl)c2Cl)c2ccccc2)c1. The molecule has 3 aromatic rings. The van der Waals surface area contributed by atoms with Crippen molar-refractivity contribution >= 4 is 52.4 Å². The Bertz CT molecular complexity index is 1080. The minimum Gasteiger partial charge on any atom is -0.497 e. The fourth-order valence-corrected chi connectivity index (χ4v) is 3.12. The Labute approximate surface area is 187 Å². The molecule has 0 saturated carbocycles. The number of hydrogen-bond acceptors (Lipinski definition) is 5. The lowest BCUT2D eigenvalue weighted by Crippen LogP contribution is -2.26. The highest BCUT2D eigenvalue weighted by Crippen LogP contribution is 2.32. The number of carbonyl (C=O) groups excluding carboxylic acids is 2. The fraction of sp³-hybridized carbons (Fsp3) is 0.0952. The van der Waals surface area contributed by atoms with Gasteiger partial charge in [0.15, 0.2) is 5.69 Å². The van der Waals surface area contributed by atoms with Gasteiger partial charge in [-0.15, -0.1) is 0 Å². The average Bonchev–Trinajstić information content (AvgIpc) is 2.76. The summed E-state index contributed by atoms with van der Waals surface area (Å²) in [5.74, 6) is -0.931. The van der Waals surface area contributed by atoms with Gasteiger partial charge in [0.05, 0.1) is 22.2 Å². The third kappa shape index (κ3) is 5.02. The van der Waals surface area contributed by atoms with E-state index in [1.807, 2.05) is 0 Å². The Morgan fingerprint density at radius 1 is 1.00 bits per heavy atom. The van der Waals surface area contributed by atoms with E-state index in [1.54, 1.807) is 54.6 Å². The first-order chi connectivity index (χ1) is 14.4. The van der Waals surface area contributed by atoms with Crippen molar-refractivity contribution in [2.75, 3.05) is 12.4 Å². The number of halogens is 3. The normalized spacial score (nSPS) is 11.5. The van der Waals surface area contributed by atoms with Gasteiger partial charge in [-0.2, -0.15) is 0 Å². The van der Waals surface area contributed by atoms with E-state index >= 15 is 0 Å². The predicted octanol–water partition coefficient (Wildman–Crippen LogP) is 5.59. The number of methoxy groups -OCH3 is 1. The summed E-state index contributed by atoms with van der Waals surface area (Å²) in [6, 6.07) is 15.3. The van der Waals surface area contributed by atoms with Crippen molar-refractivity contribution in [3.63, 3.8) is 0 Å². The van der Waals surface area contributed by atoms with Gasteiger partial charge in [-0.3, -0.25) is 4.79 Å². The van der Waals surface area contributed by atoms with Crippen LogP contribution in [0.4, 0.5) is 5.69 Å². The molecule has 0 aliphatic rings. The molecule has 0 spiro atoms. The molecule has 1 atom stereocenters. The van der Waals surface area contributed by atoms with Gasteiger partial charge >= 0.3 is 5.97 Å². The van der Waals surface area contributed by atoms with Crippen LogP contribution in [0.5, 0.6) is 5.75 Å². The van der Waals surface area contributed by atoms with Crippen molar-refractivity contribution in [2.24, 2.45) is 0 Å². The molecular weight excluding hydrogens is 451 g/mol. The zero-order valence-corrected chi connectivity index (χ0v) is 17.8. The lowest BCUT2D eigenvalue weighted by molar-refractivity contribution is -0.125. The first kappa shape index (κ1) is 21.9. The molecule has 1 heterocycles. The third-order valence-electron chi connectivity index (χ3n) is 4.01. The minimum atomic E-state index is -1.27. The van der Waals surface area contributed by atoms with Crippen LogP contribution in [0, 0.1) is 0 Å². The zero-order chi connectivity index (χ0) is 21.7. The summed E-state index contributed by atoms with van der Waals surface area (Å²) in [6.07, 6.45) is -0.0857. The highest BCUT2D eigenvalue weighted by molar-refractivity contribution is 6.48.